The molecule has 48 heavy (non-hydrogen) atoms. The zero-order chi connectivity index (χ0) is 34.0. The summed E-state index contributed by atoms with van der Waals surface area (Å²) in [5, 5.41) is 9.50. The molecule has 11 heteroatoms. The number of amides is 1. The van der Waals surface area contributed by atoms with Gasteiger partial charge in [0.25, 0.3) is 0 Å². The molecular formula is C37H48F3N3O5. The number of halogens is 3. The van der Waals surface area contributed by atoms with Crippen molar-refractivity contribution in [3.8, 4) is 5.75 Å². The van der Waals surface area contributed by atoms with Gasteiger partial charge in [0.05, 0.1) is 37.2 Å². The fraction of sp³-hybridized carbons (Fsp3) is 0.622. The Morgan fingerprint density at radius 2 is 1.62 bits per heavy atom. The maximum Gasteiger partial charge on any atom is 0.416 e. The van der Waals surface area contributed by atoms with Crippen LogP contribution < -0.4 is 9.64 Å². The SMILES string of the molecule is COC[C@@H]1C[C@@H](c2ccc(C(F)(F)F)cc2N2CCC(C(=O)O)CC2)CN1C(=O)[C@@H]1CN(C2CCCCC2)C[C@H]1c1ccc(OC)cc1. The molecule has 0 spiro atoms. The first-order valence-electron chi connectivity index (χ1n) is 17.4. The van der Waals surface area contributed by atoms with Crippen molar-refractivity contribution in [2.75, 3.05) is 58.5 Å². The molecule has 0 unspecified atom stereocenters. The van der Waals surface area contributed by atoms with Crippen molar-refractivity contribution in [1.29, 1.82) is 0 Å². The fourth-order valence-corrected chi connectivity index (χ4v) is 8.70. The summed E-state index contributed by atoms with van der Waals surface area (Å²) in [7, 11) is 3.26. The number of carbonyl (C=O) groups excluding carboxylic acids is 1. The number of ether oxygens (including phenoxy) is 2. The Morgan fingerprint density at radius 3 is 2.25 bits per heavy atom. The first-order valence-corrected chi connectivity index (χ1v) is 17.4. The van der Waals surface area contributed by atoms with Gasteiger partial charge in [-0.3, -0.25) is 14.5 Å². The molecule has 0 aromatic heterocycles. The molecule has 262 valence electrons. The molecule has 1 aliphatic carbocycles. The Balaban J connectivity index is 1.28. The largest absolute Gasteiger partial charge is 0.497 e. The average Bonchev–Trinajstić information content (AvgIpc) is 3.73. The molecule has 3 saturated heterocycles. The highest BCUT2D eigenvalue weighted by Gasteiger charge is 2.47. The molecule has 4 fully saturated rings. The van der Waals surface area contributed by atoms with Gasteiger partial charge in [-0.05, 0) is 67.5 Å². The van der Waals surface area contributed by atoms with Crippen LogP contribution in [0.3, 0.4) is 0 Å². The van der Waals surface area contributed by atoms with Crippen LogP contribution in [0.2, 0.25) is 0 Å². The summed E-state index contributed by atoms with van der Waals surface area (Å²) in [6, 6.07) is 12.2. The molecule has 1 amide bonds. The lowest BCUT2D eigenvalue weighted by molar-refractivity contribution is -0.142. The molecule has 1 saturated carbocycles. The van der Waals surface area contributed by atoms with Crippen LogP contribution in [0.4, 0.5) is 18.9 Å². The van der Waals surface area contributed by atoms with Crippen LogP contribution >= 0.6 is 0 Å². The normalized spacial score (nSPS) is 26.3. The van der Waals surface area contributed by atoms with E-state index >= 15 is 0 Å². The van der Waals surface area contributed by atoms with Gasteiger partial charge in [0.1, 0.15) is 5.75 Å². The number of carboxylic acid groups (broad SMARTS) is 1. The Bertz CT molecular complexity index is 1420. The van der Waals surface area contributed by atoms with Crippen LogP contribution in [0.15, 0.2) is 42.5 Å². The van der Waals surface area contributed by atoms with Crippen molar-refractivity contribution in [2.45, 2.75) is 81.5 Å². The monoisotopic (exact) mass is 671 g/mol. The second-order valence-electron chi connectivity index (χ2n) is 14.1. The summed E-state index contributed by atoms with van der Waals surface area (Å²) in [5.74, 6) is -0.933. The van der Waals surface area contributed by atoms with E-state index in [1.54, 1.807) is 20.3 Å². The van der Waals surface area contributed by atoms with E-state index < -0.39 is 23.6 Å². The summed E-state index contributed by atoms with van der Waals surface area (Å²) in [6.07, 6.45) is 2.79. The van der Waals surface area contributed by atoms with Crippen LogP contribution in [-0.4, -0.2) is 92.4 Å². The molecule has 2 aromatic carbocycles. The molecule has 2 aromatic rings. The van der Waals surface area contributed by atoms with Crippen LogP contribution in [0, 0.1) is 11.8 Å². The second-order valence-corrected chi connectivity index (χ2v) is 14.1. The number of rotatable bonds is 9. The number of carboxylic acids is 1. The molecule has 1 N–H and O–H groups in total. The molecule has 4 aliphatic rings. The molecule has 3 heterocycles. The second kappa shape index (κ2) is 14.7. The molecule has 4 atom stereocenters. The van der Waals surface area contributed by atoms with E-state index in [0.717, 1.165) is 42.3 Å². The highest BCUT2D eigenvalue weighted by molar-refractivity contribution is 5.82. The first kappa shape index (κ1) is 34.5. The summed E-state index contributed by atoms with van der Waals surface area (Å²) in [6.45, 7) is 2.97. The third kappa shape index (κ3) is 7.32. The topological polar surface area (TPSA) is 82.5 Å². The number of nitrogens with zero attached hydrogens (tertiary/aromatic N) is 3. The van der Waals surface area contributed by atoms with E-state index in [4.69, 9.17) is 9.47 Å². The quantitative estimate of drug-likeness (QED) is 0.331. The lowest BCUT2D eigenvalue weighted by Gasteiger charge is -2.34. The van der Waals surface area contributed by atoms with Crippen molar-refractivity contribution < 1.29 is 37.3 Å². The van der Waals surface area contributed by atoms with Gasteiger partial charge in [0.15, 0.2) is 0 Å². The number of hydrogen-bond donors (Lipinski definition) is 1. The highest BCUT2D eigenvalue weighted by Crippen LogP contribution is 2.44. The number of carbonyl (C=O) groups is 2. The summed E-state index contributed by atoms with van der Waals surface area (Å²) in [5.41, 5.74) is 1.65. The van der Waals surface area contributed by atoms with E-state index in [0.29, 0.717) is 63.8 Å². The van der Waals surface area contributed by atoms with Crippen molar-refractivity contribution in [3.05, 3.63) is 59.2 Å². The van der Waals surface area contributed by atoms with Gasteiger partial charge < -0.3 is 24.4 Å². The summed E-state index contributed by atoms with van der Waals surface area (Å²) < 4.78 is 52.8. The Labute approximate surface area is 281 Å². The molecule has 0 bridgehead atoms. The van der Waals surface area contributed by atoms with Gasteiger partial charge >= 0.3 is 12.1 Å². The third-order valence-electron chi connectivity index (χ3n) is 11.3. The molecule has 8 nitrogen and oxygen atoms in total. The number of hydrogen-bond acceptors (Lipinski definition) is 6. The first-order chi connectivity index (χ1) is 23.1. The minimum atomic E-state index is -4.51. The standard InChI is InChI=1S/C37H48F3N3O5/c1-47-23-29-18-26(31-13-10-27(37(38,39)40)19-34(31)41-16-14-25(15-17-41)36(45)46)20-43(29)35(44)33-22-42(28-6-4-3-5-7-28)21-32(33)24-8-11-30(48-2)12-9-24/h8-13,19,25-26,28-29,32-33H,3-7,14-18,20-23H2,1-2H3,(H,45,46)/t26-,29+,32+,33-/m1/s1. The number of anilines is 1. The van der Waals surface area contributed by atoms with Gasteiger partial charge in [-0.15, -0.1) is 0 Å². The Morgan fingerprint density at radius 1 is 0.917 bits per heavy atom. The van der Waals surface area contributed by atoms with E-state index in [1.165, 1.54) is 25.3 Å². The Kier molecular flexibility index (Phi) is 10.6. The van der Waals surface area contributed by atoms with Crippen LogP contribution in [0.5, 0.6) is 5.75 Å². The number of piperidine rings is 1. The van der Waals surface area contributed by atoms with Gasteiger partial charge in [-0.2, -0.15) is 13.2 Å². The number of aliphatic carboxylic acids is 1. The Hall–Kier alpha value is -3.31. The van der Waals surface area contributed by atoms with Crippen molar-refractivity contribution >= 4 is 17.6 Å². The van der Waals surface area contributed by atoms with Gasteiger partial charge in [-0.25, -0.2) is 0 Å². The average molecular weight is 672 g/mol. The van der Waals surface area contributed by atoms with E-state index in [9.17, 15) is 27.9 Å². The molecule has 6 rings (SSSR count). The van der Waals surface area contributed by atoms with E-state index in [1.807, 2.05) is 21.9 Å². The lowest BCUT2D eigenvalue weighted by Crippen LogP contribution is -2.44. The zero-order valence-corrected chi connectivity index (χ0v) is 28.0. The number of benzene rings is 2. The van der Waals surface area contributed by atoms with E-state index in [2.05, 4.69) is 17.0 Å². The maximum atomic E-state index is 14.7. The minimum Gasteiger partial charge on any atom is -0.497 e. The number of likely N-dealkylation sites (tertiary alicyclic amines) is 2. The third-order valence-corrected chi connectivity index (χ3v) is 11.3. The molecule has 3 aliphatic heterocycles. The van der Waals surface area contributed by atoms with Crippen LogP contribution in [0.25, 0.3) is 0 Å². The predicted octanol–water partition coefficient (Wildman–Crippen LogP) is 6.39. The number of methoxy groups -OCH3 is 2. The minimum absolute atomic E-state index is 0.0183. The van der Waals surface area contributed by atoms with Gasteiger partial charge in [0, 0.05) is 63.4 Å². The van der Waals surface area contributed by atoms with Crippen molar-refractivity contribution in [1.82, 2.24) is 9.80 Å². The highest BCUT2D eigenvalue weighted by atomic mass is 19.4. The lowest BCUT2D eigenvalue weighted by atomic mass is 9.87. The van der Waals surface area contributed by atoms with Crippen LogP contribution in [-0.2, 0) is 20.5 Å². The van der Waals surface area contributed by atoms with E-state index in [-0.39, 0.29) is 29.7 Å². The van der Waals surface area contributed by atoms with Crippen molar-refractivity contribution in [3.63, 3.8) is 0 Å². The molecule has 0 radical (unpaired) electrons. The smallest absolute Gasteiger partial charge is 0.416 e. The predicted molar refractivity (Wildman–Crippen MR) is 176 cm³/mol. The summed E-state index contributed by atoms with van der Waals surface area (Å²) >= 11 is 0. The zero-order valence-electron chi connectivity index (χ0n) is 28.0. The summed E-state index contributed by atoms with van der Waals surface area (Å²) in [4.78, 5) is 32.7. The maximum absolute atomic E-state index is 14.7. The van der Waals surface area contributed by atoms with Crippen molar-refractivity contribution in [2.24, 2.45) is 11.8 Å². The van der Waals surface area contributed by atoms with Crippen LogP contribution in [0.1, 0.15) is 79.9 Å². The molecular weight excluding hydrogens is 623 g/mol. The van der Waals surface area contributed by atoms with Gasteiger partial charge in [0.2, 0.25) is 5.91 Å². The fourth-order valence-electron chi connectivity index (χ4n) is 8.70. The number of alkyl halides is 3. The van der Waals surface area contributed by atoms with Gasteiger partial charge in [-0.1, -0.05) is 37.5 Å².